The van der Waals surface area contributed by atoms with Crippen molar-refractivity contribution in [3.05, 3.63) is 70.3 Å². The molecule has 0 saturated carbocycles. The lowest BCUT2D eigenvalue weighted by molar-refractivity contribution is 0.270. The zero-order valence-corrected chi connectivity index (χ0v) is 19.3. The highest BCUT2D eigenvalue weighted by molar-refractivity contribution is 7.90. The Morgan fingerprint density at radius 1 is 0.966 bits per heavy atom. The van der Waals surface area contributed by atoms with Crippen LogP contribution in [0.25, 0.3) is 0 Å². The second-order valence-electron chi connectivity index (χ2n) is 9.14. The van der Waals surface area contributed by atoms with Gasteiger partial charge in [-0.1, -0.05) is 56.3 Å². The average Bonchev–Trinajstić information content (AvgIpc) is 2.70. The third-order valence-electron chi connectivity index (χ3n) is 6.16. The topological polar surface area (TPSA) is 37.4 Å². The first-order valence-electron chi connectivity index (χ1n) is 10.9. The summed E-state index contributed by atoms with van der Waals surface area (Å²) >= 11 is 0. The van der Waals surface area contributed by atoms with Crippen LogP contribution in [0.3, 0.4) is 0 Å². The largest absolute Gasteiger partial charge is 0.219 e. The Morgan fingerprint density at radius 3 is 2.10 bits per heavy atom. The molecular formula is C25H35NO2S. The van der Waals surface area contributed by atoms with Gasteiger partial charge >= 0.3 is 0 Å². The zero-order chi connectivity index (χ0) is 21.2. The quantitative estimate of drug-likeness (QED) is 0.644. The van der Waals surface area contributed by atoms with Gasteiger partial charge in [0.15, 0.2) is 0 Å². The highest BCUT2D eigenvalue weighted by Crippen LogP contribution is 2.34. The summed E-state index contributed by atoms with van der Waals surface area (Å²) in [6, 6.07) is 15.0. The summed E-state index contributed by atoms with van der Waals surface area (Å²) in [7, 11) is -3.40. The molecule has 0 radical (unpaired) electrons. The summed E-state index contributed by atoms with van der Waals surface area (Å²) in [6.45, 7) is 10.3. The van der Waals surface area contributed by atoms with Crippen LogP contribution in [0.1, 0.15) is 68.9 Å². The molecule has 1 aliphatic rings. The fourth-order valence-corrected chi connectivity index (χ4v) is 5.88. The van der Waals surface area contributed by atoms with Crippen LogP contribution in [0.2, 0.25) is 0 Å². The van der Waals surface area contributed by atoms with E-state index in [4.69, 9.17) is 0 Å². The van der Waals surface area contributed by atoms with Crippen molar-refractivity contribution in [2.24, 2.45) is 0 Å². The van der Waals surface area contributed by atoms with Gasteiger partial charge in [-0.25, -0.2) is 8.42 Å². The van der Waals surface area contributed by atoms with Gasteiger partial charge in [0, 0.05) is 12.6 Å². The van der Waals surface area contributed by atoms with Gasteiger partial charge in [0.25, 0.3) is 0 Å². The first-order valence-corrected chi connectivity index (χ1v) is 12.3. The second kappa shape index (κ2) is 8.61. The molecule has 29 heavy (non-hydrogen) atoms. The summed E-state index contributed by atoms with van der Waals surface area (Å²) in [6.07, 6.45) is 4.55. The molecule has 0 saturated heterocycles. The summed E-state index contributed by atoms with van der Waals surface area (Å²) in [4.78, 5) is 0. The fraction of sp³-hybridized carbons (Fsp3) is 0.520. The number of hydrogen-bond donors (Lipinski definition) is 0. The highest BCUT2D eigenvalue weighted by Gasteiger charge is 2.41. The van der Waals surface area contributed by atoms with Gasteiger partial charge < -0.3 is 0 Å². The predicted molar refractivity (Wildman–Crippen MR) is 122 cm³/mol. The van der Waals surface area contributed by atoms with Crippen LogP contribution in [0.4, 0.5) is 0 Å². The molecule has 4 heteroatoms. The van der Waals surface area contributed by atoms with E-state index in [0.717, 1.165) is 32.1 Å². The molecule has 158 valence electrons. The van der Waals surface area contributed by atoms with E-state index in [1.807, 2.05) is 26.8 Å². The number of aryl methyl sites for hydroxylation is 3. The van der Waals surface area contributed by atoms with Crippen molar-refractivity contribution in [3.63, 3.8) is 0 Å². The van der Waals surface area contributed by atoms with Crippen molar-refractivity contribution in [3.8, 4) is 0 Å². The molecule has 0 aromatic heterocycles. The minimum atomic E-state index is -3.40. The summed E-state index contributed by atoms with van der Waals surface area (Å²) < 4.78 is 27.9. The van der Waals surface area contributed by atoms with Crippen molar-refractivity contribution < 1.29 is 8.42 Å². The molecule has 0 spiro atoms. The Kier molecular flexibility index (Phi) is 6.54. The number of benzene rings is 2. The van der Waals surface area contributed by atoms with Gasteiger partial charge in [-0.05, 0) is 80.7 Å². The molecule has 1 atom stereocenters. The maximum Gasteiger partial charge on any atom is 0.219 e. The van der Waals surface area contributed by atoms with Gasteiger partial charge in [0.2, 0.25) is 10.0 Å². The van der Waals surface area contributed by atoms with Crippen LogP contribution in [-0.4, -0.2) is 23.5 Å². The van der Waals surface area contributed by atoms with Gasteiger partial charge in [0.05, 0.1) is 4.75 Å². The van der Waals surface area contributed by atoms with Crippen LogP contribution in [-0.2, 0) is 42.3 Å². The van der Waals surface area contributed by atoms with Crippen molar-refractivity contribution in [2.75, 3.05) is 0 Å². The maximum absolute atomic E-state index is 13.4. The average molecular weight is 414 g/mol. The molecule has 1 heterocycles. The highest BCUT2D eigenvalue weighted by atomic mass is 32.2. The SMILES string of the molecule is CCc1cc2c(cc1CC)CN(S(=O)(=O)C(C)(C)C)[C@H](CCc1ccccc1)C2. The molecule has 1 aliphatic heterocycles. The first kappa shape index (κ1) is 22.0. The molecule has 0 amide bonds. The predicted octanol–water partition coefficient (Wildman–Crippen LogP) is 5.30. The fourth-order valence-electron chi connectivity index (χ4n) is 4.30. The van der Waals surface area contributed by atoms with E-state index in [1.165, 1.54) is 27.8 Å². The molecule has 3 rings (SSSR count). The minimum absolute atomic E-state index is 0.00381. The summed E-state index contributed by atoms with van der Waals surface area (Å²) in [5.41, 5.74) is 6.53. The standard InChI is InChI=1S/C25H35NO2S/c1-6-20-15-22-17-24(14-13-19-11-9-8-10-12-19)26(29(27,28)25(3,4)5)18-23(22)16-21(20)7-2/h8-12,15-16,24H,6-7,13-14,17-18H2,1-5H3/t24-/m1/s1. The van der Waals surface area contributed by atoms with E-state index < -0.39 is 14.8 Å². The maximum atomic E-state index is 13.4. The molecule has 2 aromatic rings. The Bertz CT molecular complexity index is 943. The van der Waals surface area contributed by atoms with Gasteiger partial charge in [-0.2, -0.15) is 4.31 Å². The third-order valence-corrected chi connectivity index (χ3v) is 8.76. The molecule has 2 aromatic carbocycles. The molecule has 0 fully saturated rings. The molecular weight excluding hydrogens is 378 g/mol. The Balaban J connectivity index is 1.97. The zero-order valence-electron chi connectivity index (χ0n) is 18.5. The number of sulfonamides is 1. The minimum Gasteiger partial charge on any atom is -0.212 e. The van der Waals surface area contributed by atoms with Crippen LogP contribution in [0, 0.1) is 0 Å². The van der Waals surface area contributed by atoms with Crippen LogP contribution in [0.15, 0.2) is 42.5 Å². The van der Waals surface area contributed by atoms with Crippen LogP contribution < -0.4 is 0 Å². The molecule has 0 unspecified atom stereocenters. The smallest absolute Gasteiger partial charge is 0.212 e. The van der Waals surface area contributed by atoms with E-state index in [1.54, 1.807) is 4.31 Å². The summed E-state index contributed by atoms with van der Waals surface area (Å²) in [5.74, 6) is 0. The van der Waals surface area contributed by atoms with E-state index in [0.29, 0.717) is 6.54 Å². The van der Waals surface area contributed by atoms with Crippen molar-refractivity contribution >= 4 is 10.0 Å². The van der Waals surface area contributed by atoms with E-state index in [-0.39, 0.29) is 6.04 Å². The van der Waals surface area contributed by atoms with E-state index in [2.05, 4.69) is 50.2 Å². The lowest BCUT2D eigenvalue weighted by atomic mass is 9.88. The lowest BCUT2D eigenvalue weighted by Crippen LogP contribution is -2.50. The number of hydrogen-bond acceptors (Lipinski definition) is 2. The molecule has 0 N–H and O–H groups in total. The second-order valence-corrected chi connectivity index (χ2v) is 11.8. The number of fused-ring (bicyclic) bond motifs is 1. The normalized spacial score (nSPS) is 17.9. The van der Waals surface area contributed by atoms with Crippen molar-refractivity contribution in [1.82, 2.24) is 4.31 Å². The lowest BCUT2D eigenvalue weighted by Gasteiger charge is -2.40. The van der Waals surface area contributed by atoms with Crippen LogP contribution in [0.5, 0.6) is 0 Å². The van der Waals surface area contributed by atoms with Crippen molar-refractivity contribution in [2.45, 2.75) is 84.1 Å². The molecule has 0 aliphatic carbocycles. The van der Waals surface area contributed by atoms with Crippen LogP contribution >= 0.6 is 0 Å². The van der Waals surface area contributed by atoms with Gasteiger partial charge in [0.1, 0.15) is 0 Å². The van der Waals surface area contributed by atoms with E-state index in [9.17, 15) is 8.42 Å². The summed E-state index contributed by atoms with van der Waals surface area (Å²) in [5, 5.41) is 0. The monoisotopic (exact) mass is 413 g/mol. The Morgan fingerprint density at radius 2 is 1.55 bits per heavy atom. The number of rotatable bonds is 6. The Labute approximate surface area is 177 Å². The molecule has 0 bridgehead atoms. The Hall–Kier alpha value is -1.65. The molecule has 3 nitrogen and oxygen atoms in total. The van der Waals surface area contributed by atoms with Crippen molar-refractivity contribution in [1.29, 1.82) is 0 Å². The van der Waals surface area contributed by atoms with Gasteiger partial charge in [-0.3, -0.25) is 0 Å². The van der Waals surface area contributed by atoms with Gasteiger partial charge in [-0.15, -0.1) is 0 Å². The third kappa shape index (κ3) is 4.59. The first-order chi connectivity index (χ1) is 13.7. The number of nitrogens with zero attached hydrogens (tertiary/aromatic N) is 1. The van der Waals surface area contributed by atoms with E-state index >= 15 is 0 Å².